The smallest absolute Gasteiger partial charge is 0.327 e. The summed E-state index contributed by atoms with van der Waals surface area (Å²) < 4.78 is 5.63. The Labute approximate surface area is 130 Å². The molecule has 1 aliphatic heterocycles. The van der Waals surface area contributed by atoms with Gasteiger partial charge in [0.25, 0.3) is 0 Å². The largest absolute Gasteiger partial charge is 0.480 e. The van der Waals surface area contributed by atoms with Crippen molar-refractivity contribution in [2.45, 2.75) is 12.3 Å². The van der Waals surface area contributed by atoms with E-state index in [-0.39, 0.29) is 0 Å². The van der Waals surface area contributed by atoms with Crippen molar-refractivity contribution in [1.82, 2.24) is 21.4 Å². The summed E-state index contributed by atoms with van der Waals surface area (Å²) in [7, 11) is 0. The molecule has 3 rings (SSSR count). The first-order chi connectivity index (χ1) is 10.7. The van der Waals surface area contributed by atoms with Crippen LogP contribution in [-0.2, 0) is 4.79 Å². The molecule has 0 spiro atoms. The number of aliphatic carboxylic acids is 1. The molecule has 0 bridgehead atoms. The molecule has 112 valence electrons. The number of ether oxygens (including phenoxy) is 1. The third-order valence-electron chi connectivity index (χ3n) is 2.85. The van der Waals surface area contributed by atoms with Crippen molar-refractivity contribution in [3.8, 4) is 17.6 Å². The number of hydrogen-bond acceptors (Lipinski definition) is 7. The van der Waals surface area contributed by atoms with Crippen molar-refractivity contribution >= 4 is 17.3 Å². The molecule has 0 saturated carbocycles. The molecule has 7 nitrogen and oxygen atoms in total. The Bertz CT molecular complexity index is 723. The number of nitrogens with one attached hydrogen (secondary N) is 3. The average Bonchev–Trinajstić information content (AvgIpc) is 3.16. The lowest BCUT2D eigenvalue weighted by Crippen LogP contribution is -2.44. The van der Waals surface area contributed by atoms with Gasteiger partial charge in [0.15, 0.2) is 17.3 Å². The van der Waals surface area contributed by atoms with Gasteiger partial charge in [-0.15, -0.1) is 11.3 Å². The molecule has 1 aliphatic rings. The number of thiazole rings is 1. The summed E-state index contributed by atoms with van der Waals surface area (Å²) in [6.45, 7) is 0. The van der Waals surface area contributed by atoms with E-state index in [0.717, 1.165) is 10.6 Å². The lowest BCUT2D eigenvalue weighted by Gasteiger charge is -2.16. The van der Waals surface area contributed by atoms with Crippen LogP contribution in [0.3, 0.4) is 0 Å². The third kappa shape index (κ3) is 3.41. The Hall–Kier alpha value is -2.44. The van der Waals surface area contributed by atoms with Crippen LogP contribution in [0.2, 0.25) is 0 Å². The number of benzene rings is 1. The second-order valence-corrected chi connectivity index (χ2v) is 5.28. The van der Waals surface area contributed by atoms with Gasteiger partial charge < -0.3 is 9.84 Å². The topological polar surface area (TPSA) is 95.5 Å². The Morgan fingerprint density at radius 1 is 1.36 bits per heavy atom. The number of hydrazine groups is 2. The number of aromatic nitrogens is 1. The maximum absolute atomic E-state index is 11.1. The number of hydrogen-bond donors (Lipinski definition) is 4. The number of carboxylic acid groups (broad SMARTS) is 1. The van der Waals surface area contributed by atoms with Crippen LogP contribution in [0.4, 0.5) is 0 Å². The fourth-order valence-corrected chi connectivity index (χ4v) is 2.33. The molecule has 2 heterocycles. The molecule has 1 fully saturated rings. The first kappa shape index (κ1) is 14.5. The quantitative estimate of drug-likeness (QED) is 0.605. The summed E-state index contributed by atoms with van der Waals surface area (Å²) in [5, 5.41) is 11.7. The van der Waals surface area contributed by atoms with Gasteiger partial charge in [-0.05, 0) is 24.1 Å². The van der Waals surface area contributed by atoms with Gasteiger partial charge in [-0.1, -0.05) is 12.0 Å². The summed E-state index contributed by atoms with van der Waals surface area (Å²) in [5.74, 6) is 5.47. The minimum absolute atomic E-state index is 0.528. The van der Waals surface area contributed by atoms with Crippen LogP contribution >= 0.6 is 11.3 Å². The molecule has 1 aromatic heterocycles. The average molecular weight is 316 g/mol. The second kappa shape index (κ2) is 6.55. The lowest BCUT2D eigenvalue weighted by molar-refractivity contribution is -0.141. The number of carboxylic acids is 1. The SMILES string of the molecule is O=C(O)C1NNNC1Oc1cccc(C#Cc2nccs2)c1. The maximum Gasteiger partial charge on any atom is 0.327 e. The zero-order valence-corrected chi connectivity index (χ0v) is 12.1. The fourth-order valence-electron chi connectivity index (χ4n) is 1.84. The van der Waals surface area contributed by atoms with Crippen LogP contribution in [0.5, 0.6) is 5.75 Å². The van der Waals surface area contributed by atoms with Crippen LogP contribution in [0.1, 0.15) is 10.6 Å². The van der Waals surface area contributed by atoms with E-state index in [1.165, 1.54) is 11.3 Å². The van der Waals surface area contributed by atoms with Gasteiger partial charge in [0.1, 0.15) is 5.75 Å². The molecular formula is C14H12N4O3S. The highest BCUT2D eigenvalue weighted by Gasteiger charge is 2.34. The van der Waals surface area contributed by atoms with E-state index in [9.17, 15) is 4.79 Å². The van der Waals surface area contributed by atoms with Gasteiger partial charge >= 0.3 is 5.97 Å². The Morgan fingerprint density at radius 3 is 3.05 bits per heavy atom. The highest BCUT2D eigenvalue weighted by atomic mass is 32.1. The van der Waals surface area contributed by atoms with Crippen LogP contribution in [0.15, 0.2) is 35.8 Å². The second-order valence-electron chi connectivity index (χ2n) is 4.38. The molecule has 2 aromatic rings. The van der Waals surface area contributed by atoms with Gasteiger partial charge in [0.05, 0.1) is 0 Å². The van der Waals surface area contributed by atoms with Crippen LogP contribution in [0.25, 0.3) is 0 Å². The molecule has 0 radical (unpaired) electrons. The minimum Gasteiger partial charge on any atom is -0.480 e. The van der Waals surface area contributed by atoms with Gasteiger partial charge in [-0.25, -0.2) is 15.8 Å². The summed E-state index contributed by atoms with van der Waals surface area (Å²) in [6, 6.07) is 6.26. The van der Waals surface area contributed by atoms with Gasteiger partial charge in [0, 0.05) is 17.1 Å². The van der Waals surface area contributed by atoms with E-state index in [4.69, 9.17) is 9.84 Å². The number of rotatable bonds is 3. The van der Waals surface area contributed by atoms with E-state index in [1.807, 2.05) is 11.4 Å². The van der Waals surface area contributed by atoms with E-state index in [2.05, 4.69) is 33.2 Å². The zero-order valence-electron chi connectivity index (χ0n) is 11.2. The standard InChI is InChI=1S/C14H12N4O3S/c19-14(20)12-13(17-18-16-12)21-10-3-1-2-9(8-10)4-5-11-15-6-7-22-11/h1-3,6-8,12-13,16-18H,(H,19,20). The van der Waals surface area contributed by atoms with E-state index in [0.29, 0.717) is 5.75 Å². The highest BCUT2D eigenvalue weighted by molar-refractivity contribution is 7.10. The van der Waals surface area contributed by atoms with E-state index in [1.54, 1.807) is 24.4 Å². The highest BCUT2D eigenvalue weighted by Crippen LogP contribution is 2.16. The molecule has 4 N–H and O–H groups in total. The number of nitrogens with zero attached hydrogens (tertiary/aromatic N) is 1. The first-order valence-corrected chi connectivity index (χ1v) is 7.27. The Morgan fingerprint density at radius 2 is 2.27 bits per heavy atom. The molecular weight excluding hydrogens is 304 g/mol. The minimum atomic E-state index is -1.01. The van der Waals surface area contributed by atoms with Gasteiger partial charge in [0.2, 0.25) is 0 Å². The Balaban J connectivity index is 1.73. The summed E-state index contributed by atoms with van der Waals surface area (Å²) in [6.07, 6.45) is 0.978. The normalized spacial score (nSPS) is 20.2. The maximum atomic E-state index is 11.1. The molecule has 2 atom stereocenters. The van der Waals surface area contributed by atoms with Crippen molar-refractivity contribution in [1.29, 1.82) is 0 Å². The van der Waals surface area contributed by atoms with E-state index >= 15 is 0 Å². The Kier molecular flexibility index (Phi) is 4.32. The summed E-state index contributed by atoms with van der Waals surface area (Å²) in [5.41, 5.74) is 8.57. The third-order valence-corrected chi connectivity index (χ3v) is 3.54. The lowest BCUT2D eigenvalue weighted by atomic mass is 10.2. The van der Waals surface area contributed by atoms with Crippen LogP contribution in [0, 0.1) is 11.8 Å². The van der Waals surface area contributed by atoms with Crippen molar-refractivity contribution in [2.24, 2.45) is 0 Å². The van der Waals surface area contributed by atoms with Gasteiger partial charge in [-0.2, -0.15) is 5.53 Å². The van der Waals surface area contributed by atoms with Crippen LogP contribution < -0.4 is 21.1 Å². The van der Waals surface area contributed by atoms with Crippen LogP contribution in [-0.4, -0.2) is 28.3 Å². The van der Waals surface area contributed by atoms with Crippen molar-refractivity contribution in [3.05, 3.63) is 46.4 Å². The molecule has 8 heteroatoms. The monoisotopic (exact) mass is 316 g/mol. The first-order valence-electron chi connectivity index (χ1n) is 6.39. The predicted octanol–water partition coefficient (Wildman–Crippen LogP) is 0.313. The zero-order chi connectivity index (χ0) is 15.4. The van der Waals surface area contributed by atoms with Crippen molar-refractivity contribution < 1.29 is 14.6 Å². The predicted molar refractivity (Wildman–Crippen MR) is 79.8 cm³/mol. The summed E-state index contributed by atoms with van der Waals surface area (Å²) in [4.78, 5) is 15.1. The molecule has 22 heavy (non-hydrogen) atoms. The van der Waals surface area contributed by atoms with Crippen molar-refractivity contribution in [3.63, 3.8) is 0 Å². The van der Waals surface area contributed by atoms with Crippen molar-refractivity contribution in [2.75, 3.05) is 0 Å². The molecule has 2 unspecified atom stereocenters. The molecule has 1 aromatic carbocycles. The molecule has 0 aliphatic carbocycles. The van der Waals surface area contributed by atoms with Gasteiger partial charge in [-0.3, -0.25) is 4.79 Å². The van der Waals surface area contributed by atoms with E-state index < -0.39 is 18.2 Å². The summed E-state index contributed by atoms with van der Waals surface area (Å²) >= 11 is 1.47. The molecule has 1 saturated heterocycles. The fraction of sp³-hybridized carbons (Fsp3) is 0.143. The molecule has 0 amide bonds. The number of carbonyl (C=O) groups is 1.